The third-order valence-electron chi connectivity index (χ3n) is 3.20. The van der Waals surface area contributed by atoms with Crippen molar-refractivity contribution in [3.05, 3.63) is 17.8 Å². The van der Waals surface area contributed by atoms with Gasteiger partial charge in [0, 0.05) is 25.9 Å². The topological polar surface area (TPSA) is 86.2 Å². The molecule has 0 atom stereocenters. The van der Waals surface area contributed by atoms with E-state index in [2.05, 4.69) is 9.88 Å². The van der Waals surface area contributed by atoms with E-state index < -0.39 is 0 Å². The third kappa shape index (κ3) is 2.48. The molecule has 0 aliphatic carbocycles. The van der Waals surface area contributed by atoms with Gasteiger partial charge in [-0.05, 0) is 24.8 Å². The minimum absolute atomic E-state index is 0.254. The molecular formula is C12H16N4O. The van der Waals surface area contributed by atoms with Gasteiger partial charge in [-0.3, -0.25) is 0 Å². The summed E-state index contributed by atoms with van der Waals surface area (Å²) in [5, 5.41) is 17.8. The first-order valence-electron chi connectivity index (χ1n) is 5.76. The summed E-state index contributed by atoms with van der Waals surface area (Å²) in [7, 11) is 0. The molecule has 3 N–H and O–H groups in total. The SMILES string of the molecule is N#Cc1cnc(N2CCC(CO)CC2)c(N)c1. The van der Waals surface area contributed by atoms with Crippen LogP contribution in [0.15, 0.2) is 12.3 Å². The van der Waals surface area contributed by atoms with Gasteiger partial charge >= 0.3 is 0 Å². The highest BCUT2D eigenvalue weighted by Crippen LogP contribution is 2.26. The standard InChI is InChI=1S/C12H16N4O/c13-6-10-5-11(14)12(15-7-10)16-3-1-9(8-17)2-4-16/h5,7,9,17H,1-4,8,14H2. The second kappa shape index (κ2) is 5.02. The summed E-state index contributed by atoms with van der Waals surface area (Å²) in [6, 6.07) is 3.67. The number of anilines is 2. The van der Waals surface area contributed by atoms with Crippen LogP contribution in [0.25, 0.3) is 0 Å². The first-order valence-corrected chi connectivity index (χ1v) is 5.76. The number of hydrogen-bond donors (Lipinski definition) is 2. The molecule has 5 heteroatoms. The number of nitriles is 1. The molecule has 1 fully saturated rings. The molecule has 17 heavy (non-hydrogen) atoms. The van der Waals surface area contributed by atoms with E-state index in [4.69, 9.17) is 16.1 Å². The molecule has 0 spiro atoms. The zero-order chi connectivity index (χ0) is 12.3. The Balaban J connectivity index is 2.11. The maximum absolute atomic E-state index is 9.08. The largest absolute Gasteiger partial charge is 0.396 e. The average molecular weight is 232 g/mol. The fraction of sp³-hybridized carbons (Fsp3) is 0.500. The fourth-order valence-corrected chi connectivity index (χ4v) is 2.13. The number of hydrogen-bond acceptors (Lipinski definition) is 5. The second-order valence-corrected chi connectivity index (χ2v) is 4.36. The van der Waals surface area contributed by atoms with Gasteiger partial charge in [0.25, 0.3) is 0 Å². The Morgan fingerprint density at radius 1 is 1.53 bits per heavy atom. The van der Waals surface area contributed by atoms with Crippen LogP contribution < -0.4 is 10.6 Å². The second-order valence-electron chi connectivity index (χ2n) is 4.36. The Bertz CT molecular complexity index is 433. The Morgan fingerprint density at radius 3 is 2.76 bits per heavy atom. The monoisotopic (exact) mass is 232 g/mol. The van der Waals surface area contributed by atoms with Crippen LogP contribution in [0, 0.1) is 17.2 Å². The van der Waals surface area contributed by atoms with E-state index in [0.29, 0.717) is 17.2 Å². The van der Waals surface area contributed by atoms with Crippen molar-refractivity contribution in [1.29, 1.82) is 5.26 Å². The zero-order valence-electron chi connectivity index (χ0n) is 9.63. The summed E-state index contributed by atoms with van der Waals surface area (Å²) in [5.74, 6) is 1.14. The lowest BCUT2D eigenvalue weighted by molar-refractivity contribution is 0.203. The summed E-state index contributed by atoms with van der Waals surface area (Å²) < 4.78 is 0. The molecule has 0 bridgehead atoms. The van der Waals surface area contributed by atoms with Gasteiger partial charge in [0.15, 0.2) is 5.82 Å². The molecule has 1 saturated heterocycles. The molecule has 1 aromatic rings. The van der Waals surface area contributed by atoms with Crippen LogP contribution in [-0.4, -0.2) is 29.8 Å². The number of aliphatic hydroxyl groups excluding tert-OH is 1. The van der Waals surface area contributed by atoms with Crippen LogP contribution in [0.1, 0.15) is 18.4 Å². The molecular weight excluding hydrogens is 216 g/mol. The van der Waals surface area contributed by atoms with Gasteiger partial charge in [0.1, 0.15) is 6.07 Å². The summed E-state index contributed by atoms with van der Waals surface area (Å²) in [4.78, 5) is 6.35. The van der Waals surface area contributed by atoms with E-state index in [0.717, 1.165) is 31.7 Å². The molecule has 0 aromatic carbocycles. The van der Waals surface area contributed by atoms with E-state index in [9.17, 15) is 0 Å². The van der Waals surface area contributed by atoms with Crippen LogP contribution in [-0.2, 0) is 0 Å². The number of aromatic nitrogens is 1. The lowest BCUT2D eigenvalue weighted by atomic mass is 9.98. The van der Waals surface area contributed by atoms with Gasteiger partial charge in [-0.25, -0.2) is 4.98 Å². The summed E-state index contributed by atoms with van der Waals surface area (Å²) in [6.45, 7) is 1.97. The minimum Gasteiger partial charge on any atom is -0.396 e. The third-order valence-corrected chi connectivity index (χ3v) is 3.20. The fourth-order valence-electron chi connectivity index (χ4n) is 2.13. The highest BCUT2D eigenvalue weighted by Gasteiger charge is 2.20. The van der Waals surface area contributed by atoms with Crippen molar-refractivity contribution in [3.63, 3.8) is 0 Å². The molecule has 0 unspecified atom stereocenters. The van der Waals surface area contributed by atoms with Gasteiger partial charge in [0.2, 0.25) is 0 Å². The maximum Gasteiger partial charge on any atom is 0.151 e. The Morgan fingerprint density at radius 2 is 2.24 bits per heavy atom. The molecule has 90 valence electrons. The van der Waals surface area contributed by atoms with Crippen molar-refractivity contribution in [2.24, 2.45) is 5.92 Å². The number of pyridine rings is 1. The highest BCUT2D eigenvalue weighted by molar-refractivity contribution is 5.64. The highest BCUT2D eigenvalue weighted by atomic mass is 16.3. The number of piperidine rings is 1. The van der Waals surface area contributed by atoms with E-state index >= 15 is 0 Å². The zero-order valence-corrected chi connectivity index (χ0v) is 9.63. The number of nitrogens with zero attached hydrogens (tertiary/aromatic N) is 3. The number of aliphatic hydroxyl groups is 1. The van der Waals surface area contributed by atoms with Gasteiger partial charge < -0.3 is 15.7 Å². The number of rotatable bonds is 2. The lowest BCUT2D eigenvalue weighted by Gasteiger charge is -2.32. The summed E-state index contributed by atoms with van der Waals surface area (Å²) in [6.07, 6.45) is 3.46. The number of nitrogens with two attached hydrogens (primary N) is 1. The predicted octanol–water partition coefficient (Wildman–Crippen LogP) is 0.744. The number of nitrogen functional groups attached to an aromatic ring is 1. The van der Waals surface area contributed by atoms with Crippen molar-refractivity contribution in [2.45, 2.75) is 12.8 Å². The molecule has 2 heterocycles. The lowest BCUT2D eigenvalue weighted by Crippen LogP contribution is -2.35. The summed E-state index contributed by atoms with van der Waals surface area (Å²) >= 11 is 0. The van der Waals surface area contributed by atoms with Gasteiger partial charge in [-0.15, -0.1) is 0 Å². The van der Waals surface area contributed by atoms with E-state index in [-0.39, 0.29) is 6.61 Å². The van der Waals surface area contributed by atoms with E-state index in [1.807, 2.05) is 6.07 Å². The van der Waals surface area contributed by atoms with Crippen LogP contribution in [0.2, 0.25) is 0 Å². The molecule has 1 aliphatic heterocycles. The molecule has 0 amide bonds. The normalized spacial score (nSPS) is 16.8. The summed E-state index contributed by atoms with van der Waals surface area (Å²) in [5.41, 5.74) is 6.92. The predicted molar refractivity (Wildman–Crippen MR) is 65.4 cm³/mol. The first-order chi connectivity index (χ1) is 8.24. The van der Waals surface area contributed by atoms with E-state index in [1.165, 1.54) is 0 Å². The minimum atomic E-state index is 0.254. The van der Waals surface area contributed by atoms with Gasteiger partial charge in [-0.1, -0.05) is 0 Å². The van der Waals surface area contributed by atoms with Crippen LogP contribution in [0.5, 0.6) is 0 Å². The molecule has 0 saturated carbocycles. The smallest absolute Gasteiger partial charge is 0.151 e. The van der Waals surface area contributed by atoms with Gasteiger partial charge in [0.05, 0.1) is 11.3 Å². The van der Waals surface area contributed by atoms with Crippen molar-refractivity contribution in [3.8, 4) is 6.07 Å². The van der Waals surface area contributed by atoms with Crippen molar-refractivity contribution >= 4 is 11.5 Å². The maximum atomic E-state index is 9.08. The molecule has 0 radical (unpaired) electrons. The first kappa shape index (κ1) is 11.7. The van der Waals surface area contributed by atoms with Crippen molar-refractivity contribution < 1.29 is 5.11 Å². The molecule has 1 aliphatic rings. The Kier molecular flexibility index (Phi) is 3.45. The molecule has 1 aromatic heterocycles. The quantitative estimate of drug-likeness (QED) is 0.785. The Labute approximate surface area is 100 Å². The average Bonchev–Trinajstić information content (AvgIpc) is 2.39. The molecule has 5 nitrogen and oxygen atoms in total. The van der Waals surface area contributed by atoms with Crippen LogP contribution in [0.3, 0.4) is 0 Å². The van der Waals surface area contributed by atoms with Crippen LogP contribution >= 0.6 is 0 Å². The van der Waals surface area contributed by atoms with Gasteiger partial charge in [-0.2, -0.15) is 5.26 Å². The van der Waals surface area contributed by atoms with Crippen molar-refractivity contribution in [2.75, 3.05) is 30.3 Å². The van der Waals surface area contributed by atoms with Crippen molar-refractivity contribution in [1.82, 2.24) is 4.98 Å². The molecule has 2 rings (SSSR count). The van der Waals surface area contributed by atoms with Crippen LogP contribution in [0.4, 0.5) is 11.5 Å². The van der Waals surface area contributed by atoms with E-state index in [1.54, 1.807) is 12.3 Å². The Hall–Kier alpha value is -1.80.